The molecule has 0 aromatic carbocycles. The van der Waals surface area contributed by atoms with Gasteiger partial charge in [-0.15, -0.1) is 0 Å². The fraction of sp³-hybridized carbons (Fsp3) is 0.385. The largest absolute Gasteiger partial charge is 0.368 e. The molecule has 3 aromatic rings. The van der Waals surface area contributed by atoms with Gasteiger partial charge < -0.3 is 15.6 Å². The van der Waals surface area contributed by atoms with Crippen molar-refractivity contribution in [3.63, 3.8) is 0 Å². The van der Waals surface area contributed by atoms with E-state index >= 15 is 0 Å². The Labute approximate surface area is 122 Å². The Kier molecular flexibility index (Phi) is 3.00. The number of aryl methyl sites for hydroxylation is 3. The molecule has 3 rings (SSSR count). The predicted octanol–water partition coefficient (Wildman–Crippen LogP) is 1.52. The van der Waals surface area contributed by atoms with E-state index in [1.165, 1.54) is 0 Å². The molecule has 0 saturated heterocycles. The van der Waals surface area contributed by atoms with Gasteiger partial charge in [0, 0.05) is 13.6 Å². The molecule has 0 aliphatic carbocycles. The van der Waals surface area contributed by atoms with Crippen LogP contribution in [0, 0.1) is 13.8 Å². The van der Waals surface area contributed by atoms with Gasteiger partial charge in [0.15, 0.2) is 17.0 Å². The summed E-state index contributed by atoms with van der Waals surface area (Å²) >= 11 is 0. The van der Waals surface area contributed by atoms with Crippen molar-refractivity contribution in [3.05, 3.63) is 17.7 Å². The van der Waals surface area contributed by atoms with Crippen LogP contribution in [0.2, 0.25) is 0 Å². The molecule has 0 fully saturated rings. The lowest BCUT2D eigenvalue weighted by molar-refractivity contribution is 0.640. The number of imidazole rings is 1. The maximum absolute atomic E-state index is 5.80. The van der Waals surface area contributed by atoms with Gasteiger partial charge in [-0.05, 0) is 20.8 Å². The van der Waals surface area contributed by atoms with Crippen LogP contribution in [0.4, 0.5) is 17.5 Å². The highest BCUT2D eigenvalue weighted by atomic mass is 15.3. The van der Waals surface area contributed by atoms with E-state index in [1.54, 1.807) is 6.20 Å². The Morgan fingerprint density at radius 1 is 1.24 bits per heavy atom. The highest BCUT2D eigenvalue weighted by molar-refractivity contribution is 5.87. The summed E-state index contributed by atoms with van der Waals surface area (Å²) in [6.07, 6.45) is 1.78. The van der Waals surface area contributed by atoms with Crippen LogP contribution in [0.3, 0.4) is 0 Å². The van der Waals surface area contributed by atoms with Crippen LogP contribution in [0.25, 0.3) is 11.2 Å². The van der Waals surface area contributed by atoms with Gasteiger partial charge in [-0.1, -0.05) is 0 Å². The highest BCUT2D eigenvalue weighted by Crippen LogP contribution is 2.25. The number of hydrogen-bond donors (Lipinski definition) is 2. The quantitative estimate of drug-likeness (QED) is 0.757. The van der Waals surface area contributed by atoms with Crippen LogP contribution in [0.1, 0.15) is 18.4 Å². The van der Waals surface area contributed by atoms with Crippen molar-refractivity contribution in [3.8, 4) is 0 Å². The predicted molar refractivity (Wildman–Crippen MR) is 81.4 cm³/mol. The zero-order valence-electron chi connectivity index (χ0n) is 12.5. The molecule has 0 spiro atoms. The third kappa shape index (κ3) is 2.08. The molecular formula is C13H18N8. The van der Waals surface area contributed by atoms with Crippen molar-refractivity contribution in [2.24, 2.45) is 7.05 Å². The van der Waals surface area contributed by atoms with Crippen LogP contribution >= 0.6 is 0 Å². The van der Waals surface area contributed by atoms with Crippen LogP contribution in [0.5, 0.6) is 0 Å². The summed E-state index contributed by atoms with van der Waals surface area (Å²) in [5.41, 5.74) is 9.14. The minimum absolute atomic E-state index is 0.216. The van der Waals surface area contributed by atoms with Crippen molar-refractivity contribution < 1.29 is 0 Å². The number of nitrogens with two attached hydrogens (primary N) is 1. The molecule has 3 heterocycles. The first-order valence-electron chi connectivity index (χ1n) is 6.77. The summed E-state index contributed by atoms with van der Waals surface area (Å²) in [4.78, 5) is 13.0. The SMILES string of the molecule is CCn1ncc(Nc2nc(N)nc3c2nc(C)n3C)c1C. The molecule has 0 aliphatic heterocycles. The molecule has 0 atom stereocenters. The zero-order chi connectivity index (χ0) is 15.1. The summed E-state index contributed by atoms with van der Waals surface area (Å²) < 4.78 is 3.80. The number of hydrogen-bond acceptors (Lipinski definition) is 6. The molecule has 0 amide bonds. The number of nitrogens with one attached hydrogen (secondary N) is 1. The Morgan fingerprint density at radius 3 is 2.67 bits per heavy atom. The first kappa shape index (κ1) is 13.3. The first-order chi connectivity index (χ1) is 10.0. The fourth-order valence-corrected chi connectivity index (χ4v) is 2.29. The monoisotopic (exact) mass is 286 g/mol. The second-order valence-electron chi connectivity index (χ2n) is 4.91. The maximum Gasteiger partial charge on any atom is 0.224 e. The lowest BCUT2D eigenvalue weighted by Crippen LogP contribution is -2.04. The Morgan fingerprint density at radius 2 is 2.00 bits per heavy atom. The molecule has 3 aromatic heterocycles. The van der Waals surface area contributed by atoms with E-state index in [-0.39, 0.29) is 5.95 Å². The van der Waals surface area contributed by atoms with E-state index in [0.717, 1.165) is 23.8 Å². The molecule has 21 heavy (non-hydrogen) atoms. The molecule has 8 nitrogen and oxygen atoms in total. The minimum atomic E-state index is 0.216. The topological polar surface area (TPSA) is 99.5 Å². The Hall–Kier alpha value is -2.64. The molecule has 110 valence electrons. The van der Waals surface area contributed by atoms with Gasteiger partial charge in [0.2, 0.25) is 5.95 Å². The van der Waals surface area contributed by atoms with Crippen LogP contribution < -0.4 is 11.1 Å². The maximum atomic E-state index is 5.80. The fourth-order valence-electron chi connectivity index (χ4n) is 2.29. The average Bonchev–Trinajstić information content (AvgIpc) is 2.93. The number of nitrogen functional groups attached to an aromatic ring is 1. The smallest absolute Gasteiger partial charge is 0.224 e. The van der Waals surface area contributed by atoms with Gasteiger partial charge in [-0.25, -0.2) is 4.98 Å². The first-order valence-corrected chi connectivity index (χ1v) is 6.77. The van der Waals surface area contributed by atoms with Crippen LogP contribution in [-0.4, -0.2) is 29.3 Å². The molecule has 8 heteroatoms. The van der Waals surface area contributed by atoms with Crippen molar-refractivity contribution in [1.29, 1.82) is 0 Å². The number of aromatic nitrogens is 6. The van der Waals surface area contributed by atoms with Crippen LogP contribution in [-0.2, 0) is 13.6 Å². The summed E-state index contributed by atoms with van der Waals surface area (Å²) in [5, 5.41) is 7.57. The van der Waals surface area contributed by atoms with Crippen LogP contribution in [0.15, 0.2) is 6.20 Å². The summed E-state index contributed by atoms with van der Waals surface area (Å²) in [6.45, 7) is 6.79. The molecule has 0 unspecified atom stereocenters. The van der Waals surface area contributed by atoms with E-state index in [1.807, 2.05) is 37.1 Å². The Balaban J connectivity index is 2.11. The lowest BCUT2D eigenvalue weighted by atomic mass is 10.3. The zero-order valence-corrected chi connectivity index (χ0v) is 12.5. The summed E-state index contributed by atoms with van der Waals surface area (Å²) in [7, 11) is 1.90. The van der Waals surface area contributed by atoms with E-state index in [4.69, 9.17) is 5.73 Å². The molecule has 0 radical (unpaired) electrons. The average molecular weight is 286 g/mol. The third-order valence-corrected chi connectivity index (χ3v) is 3.62. The normalized spacial score (nSPS) is 11.2. The molecule has 0 bridgehead atoms. The van der Waals surface area contributed by atoms with Gasteiger partial charge in [-0.3, -0.25) is 4.68 Å². The standard InChI is InChI=1S/C13H18N8/c1-5-21-7(2)9(6-15-21)17-11-10-12(19-13(14)18-11)20(4)8(3)16-10/h6H,5H2,1-4H3,(H3,14,17,18,19). The minimum Gasteiger partial charge on any atom is -0.368 e. The summed E-state index contributed by atoms with van der Waals surface area (Å²) in [5.74, 6) is 1.67. The van der Waals surface area contributed by atoms with E-state index in [0.29, 0.717) is 17.0 Å². The number of nitrogens with zero attached hydrogens (tertiary/aromatic N) is 6. The molecule has 3 N–H and O–H groups in total. The molecular weight excluding hydrogens is 268 g/mol. The van der Waals surface area contributed by atoms with Crippen molar-refractivity contribution in [2.45, 2.75) is 27.3 Å². The number of fused-ring (bicyclic) bond motifs is 1. The number of rotatable bonds is 3. The van der Waals surface area contributed by atoms with E-state index in [2.05, 4.69) is 25.4 Å². The van der Waals surface area contributed by atoms with E-state index in [9.17, 15) is 0 Å². The van der Waals surface area contributed by atoms with Crippen molar-refractivity contribution >= 4 is 28.6 Å². The summed E-state index contributed by atoms with van der Waals surface area (Å²) in [6, 6.07) is 0. The van der Waals surface area contributed by atoms with Gasteiger partial charge in [0.05, 0.1) is 17.6 Å². The third-order valence-electron chi connectivity index (χ3n) is 3.62. The van der Waals surface area contributed by atoms with Gasteiger partial charge in [0.25, 0.3) is 0 Å². The Bertz CT molecular complexity index is 813. The second kappa shape index (κ2) is 4.72. The number of anilines is 3. The highest BCUT2D eigenvalue weighted by Gasteiger charge is 2.15. The van der Waals surface area contributed by atoms with Crippen molar-refractivity contribution in [2.75, 3.05) is 11.1 Å². The second-order valence-corrected chi connectivity index (χ2v) is 4.91. The molecule has 0 aliphatic rings. The van der Waals surface area contributed by atoms with Gasteiger partial charge in [-0.2, -0.15) is 15.1 Å². The lowest BCUT2D eigenvalue weighted by Gasteiger charge is -2.07. The van der Waals surface area contributed by atoms with E-state index < -0.39 is 0 Å². The van der Waals surface area contributed by atoms with Gasteiger partial charge in [0.1, 0.15) is 5.82 Å². The van der Waals surface area contributed by atoms with Crippen molar-refractivity contribution in [1.82, 2.24) is 29.3 Å². The molecule has 0 saturated carbocycles. The van der Waals surface area contributed by atoms with Gasteiger partial charge >= 0.3 is 0 Å².